The van der Waals surface area contributed by atoms with Gasteiger partial charge in [0.15, 0.2) is 11.6 Å². The molecule has 0 aromatic heterocycles. The van der Waals surface area contributed by atoms with Crippen LogP contribution in [-0.4, -0.2) is 20.5 Å². The summed E-state index contributed by atoms with van der Waals surface area (Å²) in [5.74, 6) is -2.26. The van der Waals surface area contributed by atoms with Crippen molar-refractivity contribution in [1.82, 2.24) is 4.72 Å². The van der Waals surface area contributed by atoms with E-state index in [-0.39, 0.29) is 17.0 Å². The van der Waals surface area contributed by atoms with Crippen molar-refractivity contribution in [3.8, 4) is 0 Å². The van der Waals surface area contributed by atoms with Crippen LogP contribution in [0.15, 0.2) is 23.1 Å². The van der Waals surface area contributed by atoms with Crippen molar-refractivity contribution < 1.29 is 17.2 Å². The second kappa shape index (κ2) is 5.52. The Morgan fingerprint density at radius 1 is 1.16 bits per heavy atom. The molecular weight excluding hydrogens is 274 g/mol. The molecule has 0 spiro atoms. The maximum atomic E-state index is 13.1. The van der Waals surface area contributed by atoms with E-state index < -0.39 is 21.7 Å². The predicted molar refractivity (Wildman–Crippen MR) is 66.9 cm³/mol. The molecule has 0 radical (unpaired) electrons. The lowest BCUT2D eigenvalue weighted by atomic mass is 9.92. The van der Waals surface area contributed by atoms with Crippen molar-refractivity contribution in [1.29, 1.82) is 0 Å². The van der Waals surface area contributed by atoms with Crippen LogP contribution in [0.25, 0.3) is 0 Å². The van der Waals surface area contributed by atoms with Crippen molar-refractivity contribution in [2.75, 3.05) is 0 Å². The third-order valence-electron chi connectivity index (χ3n) is 3.33. The van der Waals surface area contributed by atoms with Crippen LogP contribution in [0.4, 0.5) is 8.78 Å². The van der Waals surface area contributed by atoms with Crippen LogP contribution in [0, 0.1) is 11.6 Å². The van der Waals surface area contributed by atoms with Gasteiger partial charge >= 0.3 is 0 Å². The lowest BCUT2D eigenvalue weighted by Crippen LogP contribution is -2.49. The van der Waals surface area contributed by atoms with Gasteiger partial charge in [-0.05, 0) is 31.0 Å². The Bertz CT molecular complexity index is 563. The number of nitrogens with one attached hydrogen (secondary N) is 1. The van der Waals surface area contributed by atoms with Gasteiger partial charge in [-0.1, -0.05) is 12.8 Å². The normalized spacial score (nSPS) is 24.4. The zero-order valence-corrected chi connectivity index (χ0v) is 11.1. The molecule has 0 heterocycles. The van der Waals surface area contributed by atoms with Crippen molar-refractivity contribution in [3.05, 3.63) is 29.8 Å². The Kier molecular flexibility index (Phi) is 4.17. The monoisotopic (exact) mass is 290 g/mol. The lowest BCUT2D eigenvalue weighted by Gasteiger charge is -2.29. The van der Waals surface area contributed by atoms with E-state index in [2.05, 4.69) is 4.72 Å². The van der Waals surface area contributed by atoms with Crippen molar-refractivity contribution in [2.45, 2.75) is 42.7 Å². The molecule has 19 heavy (non-hydrogen) atoms. The first kappa shape index (κ1) is 14.4. The average molecular weight is 290 g/mol. The fraction of sp³-hybridized carbons (Fsp3) is 0.500. The molecule has 1 aromatic rings. The minimum atomic E-state index is -3.87. The molecule has 0 aliphatic heterocycles. The average Bonchev–Trinajstić information content (AvgIpc) is 2.35. The number of rotatable bonds is 3. The van der Waals surface area contributed by atoms with Gasteiger partial charge in [0, 0.05) is 12.1 Å². The number of sulfonamides is 1. The van der Waals surface area contributed by atoms with Crippen molar-refractivity contribution in [3.63, 3.8) is 0 Å². The largest absolute Gasteiger partial charge is 0.326 e. The quantitative estimate of drug-likeness (QED) is 0.886. The summed E-state index contributed by atoms with van der Waals surface area (Å²) in [5.41, 5.74) is 5.86. The van der Waals surface area contributed by atoms with Gasteiger partial charge in [-0.3, -0.25) is 0 Å². The van der Waals surface area contributed by atoms with Gasteiger partial charge in [0.2, 0.25) is 10.0 Å². The van der Waals surface area contributed by atoms with Crippen LogP contribution in [0.1, 0.15) is 25.7 Å². The van der Waals surface area contributed by atoms with Crippen molar-refractivity contribution >= 4 is 10.0 Å². The van der Waals surface area contributed by atoms with E-state index in [1.165, 1.54) is 0 Å². The summed E-state index contributed by atoms with van der Waals surface area (Å²) in [5, 5.41) is 0. The standard InChI is InChI=1S/C12H16F2N2O2S/c13-9-6-5-8(7-10(9)14)19(17,18)16-12-4-2-1-3-11(12)15/h5-7,11-12,16H,1-4,15H2. The Morgan fingerprint density at radius 2 is 1.84 bits per heavy atom. The third-order valence-corrected chi connectivity index (χ3v) is 4.81. The number of hydrogen-bond acceptors (Lipinski definition) is 3. The molecule has 1 fully saturated rings. The number of hydrogen-bond donors (Lipinski definition) is 2. The first-order chi connectivity index (χ1) is 8.90. The second-order valence-electron chi connectivity index (χ2n) is 4.75. The van der Waals surface area contributed by atoms with Gasteiger partial charge in [-0.15, -0.1) is 0 Å². The van der Waals surface area contributed by atoms with Crippen LogP contribution < -0.4 is 10.5 Å². The van der Waals surface area contributed by atoms with Crippen molar-refractivity contribution in [2.24, 2.45) is 5.73 Å². The fourth-order valence-corrected chi connectivity index (χ4v) is 3.55. The van der Waals surface area contributed by atoms with Crippen LogP contribution in [-0.2, 0) is 10.0 Å². The maximum Gasteiger partial charge on any atom is 0.240 e. The minimum Gasteiger partial charge on any atom is -0.326 e. The number of benzene rings is 1. The molecule has 7 heteroatoms. The van der Waals surface area contributed by atoms with Crippen LogP contribution in [0.5, 0.6) is 0 Å². The smallest absolute Gasteiger partial charge is 0.240 e. The molecule has 2 atom stereocenters. The lowest BCUT2D eigenvalue weighted by molar-refractivity contribution is 0.361. The highest BCUT2D eigenvalue weighted by Gasteiger charge is 2.27. The molecule has 0 amide bonds. The van der Waals surface area contributed by atoms with E-state index in [1.807, 2.05) is 0 Å². The maximum absolute atomic E-state index is 13.1. The van der Waals surface area contributed by atoms with E-state index in [0.717, 1.165) is 31.4 Å². The zero-order valence-electron chi connectivity index (χ0n) is 10.3. The van der Waals surface area contributed by atoms with E-state index in [4.69, 9.17) is 5.73 Å². The van der Waals surface area contributed by atoms with Gasteiger partial charge in [0.1, 0.15) is 0 Å². The summed E-state index contributed by atoms with van der Waals surface area (Å²) in [6, 6.07) is 1.91. The number of nitrogens with two attached hydrogens (primary N) is 1. The topological polar surface area (TPSA) is 72.2 Å². The minimum absolute atomic E-state index is 0.242. The molecule has 1 aliphatic carbocycles. The first-order valence-electron chi connectivity index (χ1n) is 6.13. The number of halogens is 2. The van der Waals surface area contributed by atoms with Gasteiger partial charge in [-0.25, -0.2) is 21.9 Å². The zero-order chi connectivity index (χ0) is 14.0. The van der Waals surface area contributed by atoms with E-state index in [0.29, 0.717) is 12.5 Å². The van der Waals surface area contributed by atoms with E-state index in [1.54, 1.807) is 0 Å². The predicted octanol–water partition coefficient (Wildman–Crippen LogP) is 1.51. The summed E-state index contributed by atoms with van der Waals surface area (Å²) in [6.07, 6.45) is 3.29. The SMILES string of the molecule is NC1CCCCC1NS(=O)(=O)c1ccc(F)c(F)c1. The van der Waals surface area contributed by atoms with Crippen LogP contribution >= 0.6 is 0 Å². The highest BCUT2D eigenvalue weighted by Crippen LogP contribution is 2.20. The molecule has 2 unspecified atom stereocenters. The van der Waals surface area contributed by atoms with Gasteiger partial charge in [0.25, 0.3) is 0 Å². The molecule has 3 N–H and O–H groups in total. The molecule has 4 nitrogen and oxygen atoms in total. The third kappa shape index (κ3) is 3.29. The summed E-state index contributed by atoms with van der Waals surface area (Å²) in [4.78, 5) is -0.288. The van der Waals surface area contributed by atoms with Gasteiger partial charge in [-0.2, -0.15) is 0 Å². The summed E-state index contributed by atoms with van der Waals surface area (Å²) in [7, 11) is -3.87. The first-order valence-corrected chi connectivity index (χ1v) is 7.61. The van der Waals surface area contributed by atoms with E-state index in [9.17, 15) is 17.2 Å². The highest BCUT2D eigenvalue weighted by molar-refractivity contribution is 7.89. The summed E-state index contributed by atoms with van der Waals surface area (Å²) in [6.45, 7) is 0. The molecule has 106 valence electrons. The fourth-order valence-electron chi connectivity index (χ4n) is 2.22. The molecule has 0 bridgehead atoms. The Balaban J connectivity index is 2.19. The van der Waals surface area contributed by atoms with Crippen LogP contribution in [0.3, 0.4) is 0 Å². The summed E-state index contributed by atoms with van der Waals surface area (Å²) < 4.78 is 52.4. The Hall–Kier alpha value is -1.05. The van der Waals surface area contributed by atoms with Crippen LogP contribution in [0.2, 0.25) is 0 Å². The van der Waals surface area contributed by atoms with E-state index >= 15 is 0 Å². The molecule has 1 saturated carbocycles. The van der Waals surface area contributed by atoms with Gasteiger partial charge < -0.3 is 5.73 Å². The molecular formula is C12H16F2N2O2S. The Morgan fingerprint density at radius 3 is 2.47 bits per heavy atom. The Labute approximate surface area is 111 Å². The van der Waals surface area contributed by atoms with Gasteiger partial charge in [0.05, 0.1) is 4.90 Å². The molecule has 0 saturated heterocycles. The summed E-state index contributed by atoms with van der Waals surface area (Å²) >= 11 is 0. The molecule has 2 rings (SSSR count). The molecule has 1 aliphatic rings. The highest BCUT2D eigenvalue weighted by atomic mass is 32.2. The second-order valence-corrected chi connectivity index (χ2v) is 6.47. The molecule has 1 aromatic carbocycles.